The van der Waals surface area contributed by atoms with E-state index in [4.69, 9.17) is 0 Å². The van der Waals surface area contributed by atoms with Gasteiger partial charge < -0.3 is 9.47 Å². The van der Waals surface area contributed by atoms with Crippen molar-refractivity contribution in [2.24, 2.45) is 7.05 Å². The second-order valence-corrected chi connectivity index (χ2v) is 5.62. The van der Waals surface area contributed by atoms with E-state index >= 15 is 0 Å². The van der Waals surface area contributed by atoms with E-state index in [1.54, 1.807) is 18.1 Å². The molecule has 0 aliphatic heterocycles. The van der Waals surface area contributed by atoms with Crippen molar-refractivity contribution < 1.29 is 4.79 Å². The van der Waals surface area contributed by atoms with Crippen molar-refractivity contribution in [1.29, 1.82) is 0 Å². The maximum absolute atomic E-state index is 12.3. The molecular weight excluding hydrogens is 258 g/mol. The monoisotopic (exact) mass is 275 g/mol. The molecule has 4 nitrogen and oxygen atoms in total. The van der Waals surface area contributed by atoms with Crippen molar-refractivity contribution in [3.63, 3.8) is 0 Å². The van der Waals surface area contributed by atoms with Gasteiger partial charge in [0.2, 0.25) is 5.91 Å². The molecule has 19 heavy (non-hydrogen) atoms. The van der Waals surface area contributed by atoms with Crippen LogP contribution in [-0.2, 0) is 11.8 Å². The third kappa shape index (κ3) is 3.17. The topological polar surface area (TPSA) is 38.1 Å². The maximum Gasteiger partial charge on any atom is 0.240 e. The predicted octanol–water partition coefficient (Wildman–Crippen LogP) is 2.56. The third-order valence-corrected chi connectivity index (χ3v) is 4.04. The lowest BCUT2D eigenvalue weighted by molar-refractivity contribution is -0.117. The second kappa shape index (κ2) is 5.93. The van der Waals surface area contributed by atoms with Crippen LogP contribution in [0.3, 0.4) is 0 Å². The molecule has 0 aliphatic rings. The van der Waals surface area contributed by atoms with Gasteiger partial charge in [0.05, 0.1) is 5.25 Å². The normalized spacial score (nSPS) is 12.2. The number of rotatable bonds is 4. The highest BCUT2D eigenvalue weighted by Crippen LogP contribution is 2.23. The van der Waals surface area contributed by atoms with Crippen LogP contribution in [0.4, 0.5) is 5.69 Å². The fraction of sp³-hybridized carbons (Fsp3) is 0.286. The van der Waals surface area contributed by atoms with Gasteiger partial charge in [0.1, 0.15) is 0 Å². The van der Waals surface area contributed by atoms with E-state index < -0.39 is 0 Å². The predicted molar refractivity (Wildman–Crippen MR) is 78.4 cm³/mol. The lowest BCUT2D eigenvalue weighted by atomic mass is 10.3. The van der Waals surface area contributed by atoms with Gasteiger partial charge >= 0.3 is 0 Å². The zero-order valence-corrected chi connectivity index (χ0v) is 12.1. The fourth-order valence-electron chi connectivity index (χ4n) is 1.73. The number of carbonyl (C=O) groups excluding carboxylic acids is 1. The Morgan fingerprint density at radius 1 is 1.37 bits per heavy atom. The molecule has 0 unspecified atom stereocenters. The number of benzene rings is 1. The molecule has 1 atom stereocenters. The van der Waals surface area contributed by atoms with Crippen LogP contribution in [0.1, 0.15) is 6.92 Å². The first-order valence-corrected chi connectivity index (χ1v) is 6.94. The molecule has 0 radical (unpaired) electrons. The first kappa shape index (κ1) is 13.7. The van der Waals surface area contributed by atoms with Crippen LogP contribution in [0, 0.1) is 0 Å². The minimum Gasteiger partial charge on any atom is -0.329 e. The van der Waals surface area contributed by atoms with Gasteiger partial charge in [-0.2, -0.15) is 0 Å². The Labute approximate surface area is 117 Å². The van der Waals surface area contributed by atoms with E-state index in [0.717, 1.165) is 10.8 Å². The molecule has 1 amide bonds. The number of nitrogens with zero attached hydrogens (tertiary/aromatic N) is 3. The molecule has 0 aliphatic carbocycles. The Hall–Kier alpha value is -1.75. The van der Waals surface area contributed by atoms with Crippen molar-refractivity contribution in [2.75, 3.05) is 11.9 Å². The second-order valence-electron chi connectivity index (χ2n) is 4.31. The number of carbonyl (C=O) groups is 1. The molecule has 100 valence electrons. The van der Waals surface area contributed by atoms with E-state index in [0.29, 0.717) is 0 Å². The lowest BCUT2D eigenvalue weighted by Gasteiger charge is -2.20. The van der Waals surface area contributed by atoms with Crippen LogP contribution >= 0.6 is 11.8 Å². The van der Waals surface area contributed by atoms with Gasteiger partial charge in [0.15, 0.2) is 5.16 Å². The van der Waals surface area contributed by atoms with Gasteiger partial charge in [-0.3, -0.25) is 4.79 Å². The zero-order valence-electron chi connectivity index (χ0n) is 11.3. The number of thioether (sulfide) groups is 1. The third-order valence-electron chi connectivity index (χ3n) is 2.88. The molecule has 2 rings (SSSR count). The Balaban J connectivity index is 2.05. The van der Waals surface area contributed by atoms with Crippen LogP contribution in [0.2, 0.25) is 0 Å². The summed E-state index contributed by atoms with van der Waals surface area (Å²) in [6.45, 7) is 1.90. The average Bonchev–Trinajstić information content (AvgIpc) is 2.83. The molecule has 1 aromatic heterocycles. The fourth-order valence-corrected chi connectivity index (χ4v) is 2.65. The summed E-state index contributed by atoms with van der Waals surface area (Å²) in [5, 5.41) is 0.675. The summed E-state index contributed by atoms with van der Waals surface area (Å²) in [5.41, 5.74) is 0.903. The summed E-state index contributed by atoms with van der Waals surface area (Å²) in [6.07, 6.45) is 3.61. The van der Waals surface area contributed by atoms with Crippen molar-refractivity contribution in [2.45, 2.75) is 17.3 Å². The Bertz CT molecular complexity index is 553. The number of hydrogen-bond donors (Lipinski definition) is 0. The molecule has 0 fully saturated rings. The summed E-state index contributed by atoms with van der Waals surface area (Å²) >= 11 is 1.47. The molecule has 1 heterocycles. The van der Waals surface area contributed by atoms with Crippen molar-refractivity contribution >= 4 is 23.4 Å². The molecule has 0 N–H and O–H groups in total. The van der Waals surface area contributed by atoms with Crippen molar-refractivity contribution in [3.8, 4) is 0 Å². The SMILES string of the molecule is C[C@@H](Sc1nccn1C)C(=O)N(C)c1ccccc1. The maximum atomic E-state index is 12.3. The molecule has 0 saturated heterocycles. The largest absolute Gasteiger partial charge is 0.329 e. The van der Waals surface area contributed by atoms with Gasteiger partial charge in [0.25, 0.3) is 0 Å². The Morgan fingerprint density at radius 2 is 2.05 bits per heavy atom. The smallest absolute Gasteiger partial charge is 0.240 e. The number of hydrogen-bond acceptors (Lipinski definition) is 3. The summed E-state index contributed by atoms with van der Waals surface area (Å²) < 4.78 is 1.91. The van der Waals surface area contributed by atoms with Gasteiger partial charge in [-0.1, -0.05) is 30.0 Å². The minimum absolute atomic E-state index is 0.0687. The number of anilines is 1. The molecule has 0 spiro atoms. The number of para-hydroxylation sites is 1. The van der Waals surface area contributed by atoms with E-state index in [1.807, 2.05) is 55.1 Å². The van der Waals surface area contributed by atoms with Crippen LogP contribution in [0.25, 0.3) is 0 Å². The molecule has 5 heteroatoms. The first-order valence-electron chi connectivity index (χ1n) is 6.06. The van der Waals surface area contributed by atoms with Crippen LogP contribution in [-0.4, -0.2) is 27.8 Å². The quantitative estimate of drug-likeness (QED) is 0.805. The average molecular weight is 275 g/mol. The Morgan fingerprint density at radius 3 is 2.63 bits per heavy atom. The molecule has 0 bridgehead atoms. The number of aromatic nitrogens is 2. The molecule has 2 aromatic rings. The van der Waals surface area contributed by atoms with Crippen LogP contribution in [0.15, 0.2) is 47.9 Å². The van der Waals surface area contributed by atoms with E-state index in [2.05, 4.69) is 4.98 Å². The van der Waals surface area contributed by atoms with Crippen molar-refractivity contribution in [1.82, 2.24) is 9.55 Å². The summed E-state index contributed by atoms with van der Waals surface area (Å²) in [4.78, 5) is 18.3. The van der Waals surface area contributed by atoms with E-state index in [-0.39, 0.29) is 11.2 Å². The number of aryl methyl sites for hydroxylation is 1. The summed E-state index contributed by atoms with van der Waals surface area (Å²) in [6, 6.07) is 9.64. The van der Waals surface area contributed by atoms with Crippen molar-refractivity contribution in [3.05, 3.63) is 42.7 Å². The summed E-state index contributed by atoms with van der Waals surface area (Å²) in [7, 11) is 3.72. The first-order chi connectivity index (χ1) is 9.09. The highest BCUT2D eigenvalue weighted by molar-refractivity contribution is 8.00. The highest BCUT2D eigenvalue weighted by atomic mass is 32.2. The zero-order chi connectivity index (χ0) is 13.8. The molecule has 1 aromatic carbocycles. The summed E-state index contributed by atoms with van der Waals surface area (Å²) in [5.74, 6) is 0.0687. The van der Waals surface area contributed by atoms with Crippen LogP contribution in [0.5, 0.6) is 0 Å². The Kier molecular flexibility index (Phi) is 4.27. The molecule has 0 saturated carbocycles. The van der Waals surface area contributed by atoms with Gasteiger partial charge in [-0.05, 0) is 19.1 Å². The van der Waals surface area contributed by atoms with E-state index in [9.17, 15) is 4.79 Å². The number of amides is 1. The van der Waals surface area contributed by atoms with E-state index in [1.165, 1.54) is 11.8 Å². The number of imidazole rings is 1. The van der Waals surface area contributed by atoms with Crippen LogP contribution < -0.4 is 4.90 Å². The van der Waals surface area contributed by atoms with Gasteiger partial charge in [0, 0.05) is 32.2 Å². The molecular formula is C14H17N3OS. The lowest BCUT2D eigenvalue weighted by Crippen LogP contribution is -2.33. The minimum atomic E-state index is -0.175. The highest BCUT2D eigenvalue weighted by Gasteiger charge is 2.21. The standard InChI is InChI=1S/C14H17N3OS/c1-11(19-14-15-9-10-16(14)2)13(18)17(3)12-7-5-4-6-8-12/h4-11H,1-3H3/t11-/m1/s1. The van der Waals surface area contributed by atoms with Gasteiger partial charge in [-0.15, -0.1) is 0 Å². The van der Waals surface area contributed by atoms with Gasteiger partial charge in [-0.25, -0.2) is 4.98 Å².